The predicted molar refractivity (Wildman–Crippen MR) is 74.7 cm³/mol. The van der Waals surface area contributed by atoms with E-state index in [0.717, 1.165) is 0 Å². The van der Waals surface area contributed by atoms with Crippen LogP contribution in [-0.2, 0) is 19.0 Å². The van der Waals surface area contributed by atoms with Gasteiger partial charge < -0.3 is 14.2 Å². The fourth-order valence-electron chi connectivity index (χ4n) is 2.90. The fraction of sp³-hybridized carbons (Fsp3) is 1.00. The Kier molecular flexibility index (Phi) is 4.57. The average Bonchev–Trinajstić information content (AvgIpc) is 2.44. The van der Waals surface area contributed by atoms with E-state index in [1.165, 1.54) is 0 Å². The smallest absolute Gasteiger partial charge is 0.142 e. The molecule has 6 heteroatoms. The van der Waals surface area contributed by atoms with Crippen LogP contribution in [0.5, 0.6) is 0 Å². The Bertz CT molecular complexity index is 311. The van der Waals surface area contributed by atoms with Gasteiger partial charge in [-0.1, -0.05) is 0 Å². The van der Waals surface area contributed by atoms with Gasteiger partial charge in [0, 0.05) is 7.05 Å². The van der Waals surface area contributed by atoms with E-state index in [0.29, 0.717) is 13.2 Å². The fourth-order valence-corrected chi connectivity index (χ4v) is 2.90. The molecule has 2 saturated heterocycles. The molecule has 5 nitrogen and oxygen atoms in total. The number of nitrogens with zero attached hydrogens (tertiary/aromatic N) is 1. The zero-order chi connectivity index (χ0) is 14.2. The first-order chi connectivity index (χ1) is 8.84. The Labute approximate surface area is 116 Å². The molecule has 0 aliphatic carbocycles. The first-order valence-corrected chi connectivity index (χ1v) is 7.17. The lowest BCUT2D eigenvalue weighted by molar-refractivity contribution is -0.274. The molecule has 19 heavy (non-hydrogen) atoms. The molecule has 2 bridgehead atoms. The first-order valence-electron chi connectivity index (χ1n) is 7.17. The van der Waals surface area contributed by atoms with Crippen molar-refractivity contribution in [3.63, 3.8) is 0 Å². The maximum Gasteiger partial charge on any atom is 0.142 e. The Morgan fingerprint density at radius 1 is 1.32 bits per heavy atom. The van der Waals surface area contributed by atoms with Crippen molar-refractivity contribution >= 4 is 7.85 Å². The van der Waals surface area contributed by atoms with Gasteiger partial charge in [0.1, 0.15) is 25.7 Å². The third-order valence-electron chi connectivity index (χ3n) is 3.57. The molecular formula is C13H26BNO4. The Balaban J connectivity index is 2.18. The first kappa shape index (κ1) is 15.3. The van der Waals surface area contributed by atoms with Crippen molar-refractivity contribution in [2.75, 3.05) is 20.2 Å². The summed E-state index contributed by atoms with van der Waals surface area (Å²) in [6.07, 6.45) is 0.196. The summed E-state index contributed by atoms with van der Waals surface area (Å²) in [5, 5.41) is 1.85. The summed E-state index contributed by atoms with van der Waals surface area (Å²) < 4.78 is 18.1. The lowest BCUT2D eigenvalue weighted by Crippen LogP contribution is -2.61. The van der Waals surface area contributed by atoms with Crippen LogP contribution in [0.3, 0.4) is 0 Å². The molecular weight excluding hydrogens is 245 g/mol. The van der Waals surface area contributed by atoms with E-state index >= 15 is 0 Å². The van der Waals surface area contributed by atoms with E-state index in [1.807, 2.05) is 47.7 Å². The van der Waals surface area contributed by atoms with Crippen LogP contribution >= 0.6 is 0 Å². The van der Waals surface area contributed by atoms with Crippen LogP contribution in [0.4, 0.5) is 0 Å². The third-order valence-corrected chi connectivity index (χ3v) is 3.57. The molecule has 0 spiro atoms. The summed E-state index contributed by atoms with van der Waals surface area (Å²) in [6.45, 7) is 9.36. The summed E-state index contributed by atoms with van der Waals surface area (Å²) in [6, 6.07) is 0.0180. The summed E-state index contributed by atoms with van der Waals surface area (Å²) in [4.78, 5) is 5.86. The lowest BCUT2D eigenvalue weighted by atomic mass is 9.88. The van der Waals surface area contributed by atoms with Crippen molar-refractivity contribution in [3.05, 3.63) is 0 Å². The molecule has 0 aromatic heterocycles. The molecule has 0 aromatic rings. The molecule has 0 radical (unpaired) electrons. The van der Waals surface area contributed by atoms with Crippen LogP contribution in [0, 0.1) is 0 Å². The number of rotatable bonds is 5. The normalized spacial score (nSPS) is 39.4. The highest BCUT2D eigenvalue weighted by Gasteiger charge is 2.59. The van der Waals surface area contributed by atoms with Gasteiger partial charge in [-0.3, -0.25) is 4.84 Å². The zero-order valence-corrected chi connectivity index (χ0v) is 12.9. The van der Waals surface area contributed by atoms with Gasteiger partial charge in [0.15, 0.2) is 0 Å². The SMILES string of the molecule is B[C@@H]1O[C@]2(COC(C)C)CN(C)O[C@H]1C2OC(C)C. The summed E-state index contributed by atoms with van der Waals surface area (Å²) in [5.41, 5.74) is -0.425. The minimum atomic E-state index is -0.425. The van der Waals surface area contributed by atoms with E-state index in [1.54, 1.807) is 0 Å². The molecule has 2 aliphatic rings. The van der Waals surface area contributed by atoms with Gasteiger partial charge in [-0.25, -0.2) is 0 Å². The van der Waals surface area contributed by atoms with Crippen molar-refractivity contribution in [2.45, 2.75) is 63.7 Å². The van der Waals surface area contributed by atoms with Gasteiger partial charge in [0.25, 0.3) is 0 Å². The molecule has 0 saturated carbocycles. The maximum absolute atomic E-state index is 6.19. The number of ether oxygens (including phenoxy) is 3. The highest BCUT2D eigenvalue weighted by molar-refractivity contribution is 6.11. The van der Waals surface area contributed by atoms with Crippen LogP contribution in [0.25, 0.3) is 0 Å². The van der Waals surface area contributed by atoms with E-state index in [9.17, 15) is 0 Å². The highest BCUT2D eigenvalue weighted by Crippen LogP contribution is 2.40. The molecule has 1 unspecified atom stereocenters. The zero-order valence-electron chi connectivity index (χ0n) is 12.9. The molecule has 0 N–H and O–H groups in total. The largest absolute Gasteiger partial charge is 0.376 e. The molecule has 2 heterocycles. The van der Waals surface area contributed by atoms with Gasteiger partial charge in [-0.05, 0) is 27.7 Å². The minimum Gasteiger partial charge on any atom is -0.376 e. The Morgan fingerprint density at radius 2 is 2.00 bits per heavy atom. The Morgan fingerprint density at radius 3 is 2.58 bits per heavy atom. The molecule has 0 aromatic carbocycles. The van der Waals surface area contributed by atoms with Crippen molar-refractivity contribution in [1.82, 2.24) is 5.06 Å². The second-order valence-electron chi connectivity index (χ2n) is 6.21. The van der Waals surface area contributed by atoms with Gasteiger partial charge in [0.2, 0.25) is 0 Å². The van der Waals surface area contributed by atoms with Crippen LogP contribution in [0.2, 0.25) is 0 Å². The monoisotopic (exact) mass is 271 g/mol. The molecule has 110 valence electrons. The van der Waals surface area contributed by atoms with Crippen molar-refractivity contribution < 1.29 is 19.0 Å². The van der Waals surface area contributed by atoms with E-state index in [2.05, 4.69) is 0 Å². The maximum atomic E-state index is 6.19. The van der Waals surface area contributed by atoms with Crippen molar-refractivity contribution in [2.24, 2.45) is 0 Å². The van der Waals surface area contributed by atoms with Crippen molar-refractivity contribution in [3.8, 4) is 0 Å². The van der Waals surface area contributed by atoms with Crippen LogP contribution in [-0.4, -0.2) is 69.1 Å². The molecule has 4 atom stereocenters. The van der Waals surface area contributed by atoms with Crippen molar-refractivity contribution in [1.29, 1.82) is 0 Å². The summed E-state index contributed by atoms with van der Waals surface area (Å²) in [7, 11) is 3.97. The van der Waals surface area contributed by atoms with Crippen LogP contribution in [0.1, 0.15) is 27.7 Å². The van der Waals surface area contributed by atoms with E-state index < -0.39 is 5.60 Å². The van der Waals surface area contributed by atoms with Gasteiger partial charge in [-0.15, -0.1) is 0 Å². The number of hydrogen-bond acceptors (Lipinski definition) is 5. The second kappa shape index (κ2) is 5.70. The third kappa shape index (κ3) is 3.14. The predicted octanol–water partition coefficient (Wildman–Crippen LogP) is 0.179. The van der Waals surface area contributed by atoms with Crippen LogP contribution in [0.15, 0.2) is 0 Å². The number of fused-ring (bicyclic) bond motifs is 2. The number of likely N-dealkylation sites (N-methyl/N-ethyl adjacent to an activating group) is 1. The van der Waals surface area contributed by atoms with E-state index in [4.69, 9.17) is 19.0 Å². The number of hydroxylamine groups is 2. The molecule has 0 amide bonds. The van der Waals surface area contributed by atoms with Gasteiger partial charge in [-0.2, -0.15) is 5.06 Å². The number of hydrogen-bond donors (Lipinski definition) is 0. The minimum absolute atomic E-state index is 0.0180. The standard InChI is InChI=1S/C13H26BNO4/c1-8(2)16-7-13-6-15(5)19-10(12(14)18-13)11(13)17-9(3)4/h8-12H,6-7,14H2,1-5H3/t10-,11?,12+,13-/m0/s1. The summed E-state index contributed by atoms with van der Waals surface area (Å²) in [5.74, 6) is 0. The van der Waals surface area contributed by atoms with Gasteiger partial charge in [0.05, 0.1) is 31.4 Å². The van der Waals surface area contributed by atoms with Crippen LogP contribution < -0.4 is 0 Å². The highest BCUT2D eigenvalue weighted by atomic mass is 16.7. The molecule has 2 rings (SSSR count). The van der Waals surface area contributed by atoms with Gasteiger partial charge >= 0.3 is 0 Å². The topological polar surface area (TPSA) is 40.2 Å². The summed E-state index contributed by atoms with van der Waals surface area (Å²) >= 11 is 0. The average molecular weight is 271 g/mol. The van der Waals surface area contributed by atoms with E-state index in [-0.39, 0.29) is 30.4 Å². The molecule has 2 fully saturated rings. The molecule has 2 aliphatic heterocycles. The second-order valence-corrected chi connectivity index (χ2v) is 6.21. The quantitative estimate of drug-likeness (QED) is 0.667. The Hall–Kier alpha value is -0.135. The lowest BCUT2D eigenvalue weighted by Gasteiger charge is -2.43.